The van der Waals surface area contributed by atoms with Gasteiger partial charge < -0.3 is 25.4 Å². The van der Waals surface area contributed by atoms with E-state index < -0.39 is 42.2 Å². The predicted molar refractivity (Wildman–Crippen MR) is 90.5 cm³/mol. The zero-order valence-corrected chi connectivity index (χ0v) is 13.9. The number of carbonyl (C=O) groups is 1. The van der Waals surface area contributed by atoms with Gasteiger partial charge in [-0.3, -0.25) is 9.36 Å². The van der Waals surface area contributed by atoms with E-state index in [9.17, 15) is 24.9 Å². The smallest absolute Gasteiger partial charge is 0.351 e. The summed E-state index contributed by atoms with van der Waals surface area (Å²) in [7, 11) is 0. The van der Waals surface area contributed by atoms with E-state index in [1.807, 2.05) is 0 Å². The van der Waals surface area contributed by atoms with Crippen LogP contribution in [0, 0.1) is 0 Å². The molecule has 1 aliphatic rings. The number of hydrogen-bond donors (Lipinski definition) is 4. The molecule has 26 heavy (non-hydrogen) atoms. The van der Waals surface area contributed by atoms with Crippen LogP contribution >= 0.6 is 0 Å². The van der Waals surface area contributed by atoms with Crippen LogP contribution < -0.4 is 11.0 Å². The zero-order valence-electron chi connectivity index (χ0n) is 13.9. The van der Waals surface area contributed by atoms with Crippen molar-refractivity contribution in [3.05, 3.63) is 58.6 Å². The van der Waals surface area contributed by atoms with Gasteiger partial charge in [-0.25, -0.2) is 4.79 Å². The summed E-state index contributed by atoms with van der Waals surface area (Å²) in [6.45, 7) is 0.892. The van der Waals surface area contributed by atoms with Gasteiger partial charge in [0.15, 0.2) is 6.23 Å². The van der Waals surface area contributed by atoms with Crippen LogP contribution in [0.15, 0.2) is 47.4 Å². The minimum atomic E-state index is -1.42. The maximum atomic E-state index is 12.3. The van der Waals surface area contributed by atoms with Gasteiger partial charge in [-0.15, -0.1) is 0 Å². The number of benzene rings is 1. The third-order valence-corrected chi connectivity index (χ3v) is 4.33. The van der Waals surface area contributed by atoms with Crippen LogP contribution in [0.25, 0.3) is 0 Å². The summed E-state index contributed by atoms with van der Waals surface area (Å²) >= 11 is 0. The molecule has 1 amide bonds. The molecule has 4 atom stereocenters. The highest BCUT2D eigenvalue weighted by Crippen LogP contribution is 2.35. The molecule has 9 nitrogen and oxygen atoms in total. The Morgan fingerprint density at radius 2 is 2.00 bits per heavy atom. The van der Waals surface area contributed by atoms with Crippen LogP contribution in [0.2, 0.25) is 0 Å². The number of aliphatic hydroxyl groups excluding tert-OH is 3. The fourth-order valence-corrected chi connectivity index (χ4v) is 2.74. The number of hydrogen-bond acceptors (Lipinski definition) is 7. The lowest BCUT2D eigenvalue weighted by Gasteiger charge is -2.24. The topological polar surface area (TPSA) is 134 Å². The third-order valence-electron chi connectivity index (χ3n) is 4.33. The van der Waals surface area contributed by atoms with E-state index in [-0.39, 0.29) is 5.82 Å². The molecule has 1 fully saturated rings. The van der Waals surface area contributed by atoms with Crippen molar-refractivity contribution in [1.82, 2.24) is 9.55 Å². The monoisotopic (exact) mass is 361 g/mol. The molecule has 2 aromatic rings. The Morgan fingerprint density at radius 3 is 2.58 bits per heavy atom. The van der Waals surface area contributed by atoms with Crippen molar-refractivity contribution in [3.63, 3.8) is 0 Å². The summed E-state index contributed by atoms with van der Waals surface area (Å²) < 4.78 is 6.46. The van der Waals surface area contributed by atoms with E-state index in [2.05, 4.69) is 10.3 Å². The molecule has 2 heterocycles. The minimum absolute atomic E-state index is 0.0399. The quantitative estimate of drug-likeness (QED) is 0.577. The fourth-order valence-electron chi connectivity index (χ4n) is 2.74. The van der Waals surface area contributed by atoms with Crippen LogP contribution in [-0.4, -0.2) is 55.2 Å². The first-order chi connectivity index (χ1) is 12.4. The molecular formula is C17H19N3O6. The molecule has 0 aliphatic carbocycles. The van der Waals surface area contributed by atoms with Gasteiger partial charge in [-0.05, 0) is 25.1 Å². The highest BCUT2D eigenvalue weighted by Gasteiger charge is 2.51. The first-order valence-electron chi connectivity index (χ1n) is 7.96. The fraction of sp³-hybridized carbons (Fsp3) is 0.353. The number of aromatic nitrogens is 2. The highest BCUT2D eigenvalue weighted by molar-refractivity contribution is 6.03. The molecule has 0 spiro atoms. The van der Waals surface area contributed by atoms with Crippen molar-refractivity contribution in [2.24, 2.45) is 0 Å². The molecule has 4 N–H and O–H groups in total. The maximum Gasteiger partial charge on any atom is 0.351 e. The van der Waals surface area contributed by atoms with Crippen LogP contribution in [0.4, 0.5) is 5.82 Å². The highest BCUT2D eigenvalue weighted by atomic mass is 16.6. The van der Waals surface area contributed by atoms with E-state index in [4.69, 9.17) is 4.74 Å². The van der Waals surface area contributed by atoms with Crippen molar-refractivity contribution in [1.29, 1.82) is 0 Å². The number of ether oxygens (including phenoxy) is 1. The average molecular weight is 361 g/mol. The molecule has 1 aromatic carbocycles. The number of anilines is 1. The van der Waals surface area contributed by atoms with E-state index in [1.54, 1.807) is 30.3 Å². The Balaban J connectivity index is 1.80. The van der Waals surface area contributed by atoms with E-state index in [0.29, 0.717) is 5.56 Å². The van der Waals surface area contributed by atoms with Crippen molar-refractivity contribution in [3.8, 4) is 0 Å². The van der Waals surface area contributed by atoms with Crippen molar-refractivity contribution in [2.45, 2.75) is 31.0 Å². The standard InChI is InChI=1S/C17H19N3O6/c1-17(9-21)13(23)12(22)15(26-17)20-8-7-11(19-16(20)25)18-14(24)10-5-3-2-4-6-10/h2-8,12-13,15,21-23H,9H2,1H3,(H,18,19,24,25)/t12-,13-,15+,17+/m0/s1. The van der Waals surface area contributed by atoms with Crippen molar-refractivity contribution >= 4 is 11.7 Å². The van der Waals surface area contributed by atoms with Gasteiger partial charge in [0.25, 0.3) is 5.91 Å². The Hall–Kier alpha value is -2.59. The molecule has 0 saturated carbocycles. The number of carbonyl (C=O) groups excluding carboxylic acids is 1. The van der Waals surface area contributed by atoms with E-state index >= 15 is 0 Å². The van der Waals surface area contributed by atoms with Gasteiger partial charge in [-0.1, -0.05) is 18.2 Å². The first kappa shape index (κ1) is 18.2. The van der Waals surface area contributed by atoms with Gasteiger partial charge in [0, 0.05) is 11.8 Å². The molecule has 9 heteroatoms. The molecule has 0 radical (unpaired) electrons. The van der Waals surface area contributed by atoms with Crippen molar-refractivity contribution < 1.29 is 24.9 Å². The molecule has 1 aromatic heterocycles. The minimum Gasteiger partial charge on any atom is -0.393 e. The van der Waals surface area contributed by atoms with Crippen molar-refractivity contribution in [2.75, 3.05) is 11.9 Å². The lowest BCUT2D eigenvalue weighted by Crippen LogP contribution is -2.43. The maximum absolute atomic E-state index is 12.3. The summed E-state index contributed by atoms with van der Waals surface area (Å²) in [6.07, 6.45) is -2.71. The number of rotatable bonds is 4. The second kappa shape index (κ2) is 6.96. The number of nitrogens with one attached hydrogen (secondary N) is 1. The number of amides is 1. The normalized spacial score (nSPS) is 28.1. The number of nitrogens with zero attached hydrogens (tertiary/aromatic N) is 2. The second-order valence-electron chi connectivity index (χ2n) is 6.24. The van der Waals surface area contributed by atoms with Crippen LogP contribution in [0.3, 0.4) is 0 Å². The third kappa shape index (κ3) is 3.25. The largest absolute Gasteiger partial charge is 0.393 e. The lowest BCUT2D eigenvalue weighted by molar-refractivity contribution is -0.117. The molecule has 0 bridgehead atoms. The van der Waals surface area contributed by atoms with Gasteiger partial charge >= 0.3 is 5.69 Å². The average Bonchev–Trinajstić information content (AvgIpc) is 2.87. The Bertz CT molecular complexity index is 855. The number of aliphatic hydroxyl groups is 3. The molecule has 1 saturated heterocycles. The summed E-state index contributed by atoms with van der Waals surface area (Å²) in [6, 6.07) is 9.81. The summed E-state index contributed by atoms with van der Waals surface area (Å²) in [5.41, 5.74) is -1.77. The van der Waals surface area contributed by atoms with E-state index in [1.165, 1.54) is 19.2 Å². The summed E-state index contributed by atoms with van der Waals surface area (Å²) in [4.78, 5) is 28.1. The van der Waals surface area contributed by atoms with Crippen LogP contribution in [0.1, 0.15) is 23.5 Å². The van der Waals surface area contributed by atoms with Crippen LogP contribution in [0.5, 0.6) is 0 Å². The summed E-state index contributed by atoms with van der Waals surface area (Å²) in [5.74, 6) is -0.381. The van der Waals surface area contributed by atoms with Gasteiger partial charge in [0.05, 0.1) is 6.61 Å². The lowest BCUT2D eigenvalue weighted by atomic mass is 9.99. The zero-order chi connectivity index (χ0) is 18.9. The molecule has 1 aliphatic heterocycles. The van der Waals surface area contributed by atoms with E-state index in [0.717, 1.165) is 4.57 Å². The molecule has 0 unspecified atom stereocenters. The Morgan fingerprint density at radius 1 is 1.31 bits per heavy atom. The van der Waals surface area contributed by atoms with Crippen LogP contribution in [-0.2, 0) is 4.74 Å². The van der Waals surface area contributed by atoms with Gasteiger partial charge in [-0.2, -0.15) is 4.98 Å². The molecule has 3 rings (SSSR count). The SMILES string of the molecule is C[C@]1(CO)O[C@@H](n2ccc(NC(=O)c3ccccc3)nc2=O)[C@@H](O)[C@@H]1O. The predicted octanol–water partition coefficient (Wildman–Crippen LogP) is -0.503. The van der Waals surface area contributed by atoms with Gasteiger partial charge in [0.2, 0.25) is 0 Å². The summed E-state index contributed by atoms with van der Waals surface area (Å²) in [5, 5.41) is 32.0. The molecule has 138 valence electrons. The Kier molecular flexibility index (Phi) is 4.88. The van der Waals surface area contributed by atoms with Gasteiger partial charge in [0.1, 0.15) is 23.6 Å². The second-order valence-corrected chi connectivity index (χ2v) is 6.24. The Labute approximate surface area is 148 Å². The molecular weight excluding hydrogens is 342 g/mol. The first-order valence-corrected chi connectivity index (χ1v) is 7.96.